The summed E-state index contributed by atoms with van der Waals surface area (Å²) in [6.45, 7) is 3.18. The van der Waals surface area contributed by atoms with Crippen LogP contribution in [0.2, 0.25) is 0 Å². The Balaban J connectivity index is 0.00000364. The van der Waals surface area contributed by atoms with Crippen molar-refractivity contribution < 1.29 is 19.1 Å². The summed E-state index contributed by atoms with van der Waals surface area (Å²) in [7, 11) is 3.25. The molecule has 1 aliphatic heterocycles. The van der Waals surface area contributed by atoms with Gasteiger partial charge in [0.1, 0.15) is 6.10 Å². The summed E-state index contributed by atoms with van der Waals surface area (Å²) in [6.07, 6.45) is -0.129. The predicted octanol–water partition coefficient (Wildman–Crippen LogP) is 0.797. The number of nitrogens with zero attached hydrogens (tertiary/aromatic N) is 2. The van der Waals surface area contributed by atoms with Crippen molar-refractivity contribution in [3.05, 3.63) is 24.3 Å². The minimum atomic E-state index is -0.362. The minimum absolute atomic E-state index is 0. The number of methoxy groups -OCH3 is 1. The van der Waals surface area contributed by atoms with Gasteiger partial charge < -0.3 is 25.4 Å². The molecule has 2 rings (SSSR count). The topological polar surface area (TPSA) is 104 Å². The van der Waals surface area contributed by atoms with Gasteiger partial charge in [-0.05, 0) is 19.1 Å². The highest BCUT2D eigenvalue weighted by molar-refractivity contribution is 14.0. The fourth-order valence-corrected chi connectivity index (χ4v) is 2.40. The lowest BCUT2D eigenvalue weighted by atomic mass is 10.3. The van der Waals surface area contributed by atoms with Gasteiger partial charge in [-0.15, -0.1) is 24.0 Å². The molecule has 27 heavy (non-hydrogen) atoms. The number of urea groups is 1. The molecule has 0 spiro atoms. The Hall–Kier alpha value is -2.24. The predicted molar refractivity (Wildman–Crippen MR) is 113 cm³/mol. The van der Waals surface area contributed by atoms with Crippen LogP contribution in [0.5, 0.6) is 11.5 Å². The van der Waals surface area contributed by atoms with E-state index in [2.05, 4.69) is 20.9 Å². The molecule has 150 valence electrons. The normalized spacial score (nSPS) is 14.9. The lowest BCUT2D eigenvalue weighted by molar-refractivity contribution is -0.124. The summed E-state index contributed by atoms with van der Waals surface area (Å²) in [5, 5.41) is 8.69. The molecule has 0 saturated carbocycles. The summed E-state index contributed by atoms with van der Waals surface area (Å²) in [5.41, 5.74) is 0. The maximum absolute atomic E-state index is 11.5. The van der Waals surface area contributed by atoms with Crippen LogP contribution in [0.15, 0.2) is 29.3 Å². The third-order valence-corrected chi connectivity index (χ3v) is 3.74. The monoisotopic (exact) mass is 491 g/mol. The molecule has 1 saturated heterocycles. The van der Waals surface area contributed by atoms with Crippen molar-refractivity contribution >= 4 is 41.9 Å². The van der Waals surface area contributed by atoms with E-state index in [1.807, 2.05) is 31.2 Å². The van der Waals surface area contributed by atoms with Crippen molar-refractivity contribution in [3.63, 3.8) is 0 Å². The smallest absolute Gasteiger partial charge is 0.324 e. The number of imide groups is 1. The van der Waals surface area contributed by atoms with Gasteiger partial charge in [0.25, 0.3) is 0 Å². The molecular weight excluding hydrogens is 465 g/mol. The average molecular weight is 491 g/mol. The summed E-state index contributed by atoms with van der Waals surface area (Å²) in [6, 6.07) is 7.09. The number of aliphatic imine (C=N–C) groups is 1. The standard InChI is InChI=1S/C17H25N5O4.HI/c1-12(26-14-7-5-4-6-13(14)25-3)10-20-16(18-2)19-8-9-22-15(23)11-21-17(22)24;/h4-7,12H,8-11H2,1-3H3,(H,21,24)(H2,18,19,20);1H. The highest BCUT2D eigenvalue weighted by Crippen LogP contribution is 2.26. The zero-order valence-corrected chi connectivity index (χ0v) is 18.0. The lowest BCUT2D eigenvalue weighted by Gasteiger charge is -2.19. The average Bonchev–Trinajstić information content (AvgIpc) is 2.96. The fourth-order valence-electron chi connectivity index (χ4n) is 2.40. The number of hydrogen-bond donors (Lipinski definition) is 3. The van der Waals surface area contributed by atoms with E-state index in [-0.39, 0.29) is 55.1 Å². The number of halogens is 1. The molecule has 1 fully saturated rings. The quantitative estimate of drug-likeness (QED) is 0.215. The van der Waals surface area contributed by atoms with E-state index >= 15 is 0 Å². The van der Waals surface area contributed by atoms with Crippen LogP contribution in [-0.2, 0) is 4.79 Å². The Labute approximate surface area is 175 Å². The lowest BCUT2D eigenvalue weighted by Crippen LogP contribution is -2.45. The summed E-state index contributed by atoms with van der Waals surface area (Å²) < 4.78 is 11.1. The first-order valence-corrected chi connectivity index (χ1v) is 8.37. The second-order valence-corrected chi connectivity index (χ2v) is 5.66. The Bertz CT molecular complexity index is 654. The van der Waals surface area contributed by atoms with Crippen LogP contribution in [0.1, 0.15) is 6.92 Å². The second kappa shape index (κ2) is 11.5. The zero-order valence-electron chi connectivity index (χ0n) is 15.7. The molecule has 1 unspecified atom stereocenters. The molecule has 10 heteroatoms. The SMILES string of the molecule is CN=C(NCCN1C(=O)CNC1=O)NCC(C)Oc1ccccc1OC.I. The Morgan fingerprint density at radius 3 is 2.59 bits per heavy atom. The molecular formula is C17H26IN5O4. The van der Waals surface area contributed by atoms with Crippen molar-refractivity contribution in [2.45, 2.75) is 13.0 Å². The number of benzene rings is 1. The second-order valence-electron chi connectivity index (χ2n) is 5.66. The molecule has 1 aromatic carbocycles. The van der Waals surface area contributed by atoms with E-state index in [0.717, 1.165) is 0 Å². The van der Waals surface area contributed by atoms with Crippen molar-refractivity contribution in [3.8, 4) is 11.5 Å². The number of nitrogens with one attached hydrogen (secondary N) is 3. The maximum Gasteiger partial charge on any atom is 0.324 e. The number of amides is 3. The number of ether oxygens (including phenoxy) is 2. The molecule has 0 bridgehead atoms. The number of carbonyl (C=O) groups excluding carboxylic acids is 2. The molecule has 0 aromatic heterocycles. The molecule has 1 atom stereocenters. The van der Waals surface area contributed by atoms with E-state index in [1.54, 1.807) is 14.2 Å². The van der Waals surface area contributed by atoms with Crippen LogP contribution >= 0.6 is 24.0 Å². The van der Waals surface area contributed by atoms with E-state index in [4.69, 9.17) is 9.47 Å². The third-order valence-electron chi connectivity index (χ3n) is 3.74. The summed E-state index contributed by atoms with van der Waals surface area (Å²) >= 11 is 0. The molecule has 1 aliphatic rings. The van der Waals surface area contributed by atoms with Gasteiger partial charge in [0, 0.05) is 20.1 Å². The van der Waals surface area contributed by atoms with Gasteiger partial charge in [0.2, 0.25) is 5.91 Å². The number of guanidine groups is 1. The van der Waals surface area contributed by atoms with Gasteiger partial charge in [-0.1, -0.05) is 12.1 Å². The molecule has 3 N–H and O–H groups in total. The largest absolute Gasteiger partial charge is 0.493 e. The van der Waals surface area contributed by atoms with Crippen LogP contribution in [0, 0.1) is 0 Å². The summed E-state index contributed by atoms with van der Waals surface area (Å²) in [5.74, 6) is 1.69. The molecule has 1 heterocycles. The van der Waals surface area contributed by atoms with Crippen molar-refractivity contribution in [1.29, 1.82) is 0 Å². The van der Waals surface area contributed by atoms with Crippen molar-refractivity contribution in [2.75, 3.05) is 40.3 Å². The van der Waals surface area contributed by atoms with E-state index in [1.165, 1.54) is 4.90 Å². The maximum atomic E-state index is 11.5. The van der Waals surface area contributed by atoms with Crippen LogP contribution in [0.3, 0.4) is 0 Å². The zero-order chi connectivity index (χ0) is 18.9. The van der Waals surface area contributed by atoms with Crippen LogP contribution < -0.4 is 25.4 Å². The van der Waals surface area contributed by atoms with Crippen molar-refractivity contribution in [1.82, 2.24) is 20.9 Å². The molecule has 1 aromatic rings. The molecule has 3 amide bonds. The third kappa shape index (κ3) is 6.77. The minimum Gasteiger partial charge on any atom is -0.493 e. The molecule has 9 nitrogen and oxygen atoms in total. The van der Waals surface area contributed by atoms with Crippen LogP contribution in [-0.4, -0.2) is 69.2 Å². The van der Waals surface area contributed by atoms with Crippen LogP contribution in [0.25, 0.3) is 0 Å². The highest BCUT2D eigenvalue weighted by Gasteiger charge is 2.27. The Morgan fingerprint density at radius 2 is 2.00 bits per heavy atom. The number of rotatable bonds is 8. The van der Waals surface area contributed by atoms with Gasteiger partial charge in [0.05, 0.1) is 20.2 Å². The summed E-state index contributed by atoms with van der Waals surface area (Å²) in [4.78, 5) is 28.3. The van der Waals surface area contributed by atoms with Gasteiger partial charge >= 0.3 is 6.03 Å². The molecule has 0 radical (unpaired) electrons. The number of para-hydroxylation sites is 2. The number of hydrogen-bond acceptors (Lipinski definition) is 5. The van der Waals surface area contributed by atoms with Crippen molar-refractivity contribution in [2.24, 2.45) is 4.99 Å². The van der Waals surface area contributed by atoms with Crippen LogP contribution in [0.4, 0.5) is 4.79 Å². The van der Waals surface area contributed by atoms with Gasteiger partial charge in [-0.3, -0.25) is 14.7 Å². The van der Waals surface area contributed by atoms with Gasteiger partial charge in [-0.25, -0.2) is 4.79 Å². The van der Waals surface area contributed by atoms with E-state index < -0.39 is 0 Å². The Kier molecular flexibility index (Phi) is 9.68. The van der Waals surface area contributed by atoms with E-state index in [9.17, 15) is 9.59 Å². The first-order valence-electron chi connectivity index (χ1n) is 8.37. The first kappa shape index (κ1) is 22.8. The highest BCUT2D eigenvalue weighted by atomic mass is 127. The first-order chi connectivity index (χ1) is 12.5. The van der Waals surface area contributed by atoms with Gasteiger partial charge in [-0.2, -0.15) is 0 Å². The Morgan fingerprint density at radius 1 is 1.30 bits per heavy atom. The fraction of sp³-hybridized carbons (Fsp3) is 0.471. The van der Waals surface area contributed by atoms with Gasteiger partial charge in [0.15, 0.2) is 17.5 Å². The number of carbonyl (C=O) groups is 2. The molecule has 0 aliphatic carbocycles. The van der Waals surface area contributed by atoms with E-state index in [0.29, 0.717) is 30.5 Å².